The van der Waals surface area contributed by atoms with Crippen molar-refractivity contribution in [2.75, 3.05) is 19.6 Å². The van der Waals surface area contributed by atoms with Gasteiger partial charge in [-0.15, -0.1) is 0 Å². The molecule has 2 N–H and O–H groups in total. The summed E-state index contributed by atoms with van der Waals surface area (Å²) in [7, 11) is 0. The van der Waals surface area contributed by atoms with Crippen molar-refractivity contribution >= 4 is 23.2 Å². The van der Waals surface area contributed by atoms with E-state index >= 15 is 0 Å². The predicted molar refractivity (Wildman–Crippen MR) is 94.7 cm³/mol. The number of hydrogen-bond donors (Lipinski definition) is 2. The van der Waals surface area contributed by atoms with Gasteiger partial charge in [0, 0.05) is 26.1 Å². The van der Waals surface area contributed by atoms with E-state index in [0.29, 0.717) is 43.1 Å². The monoisotopic (exact) mass is 374 g/mol. The number of fused-ring (bicyclic) bond motifs is 1. The van der Waals surface area contributed by atoms with E-state index < -0.39 is 6.09 Å². The van der Waals surface area contributed by atoms with E-state index in [0.717, 1.165) is 12.8 Å². The van der Waals surface area contributed by atoms with Crippen molar-refractivity contribution in [1.29, 1.82) is 0 Å². The summed E-state index contributed by atoms with van der Waals surface area (Å²) < 4.78 is 7.65. The van der Waals surface area contributed by atoms with Crippen LogP contribution in [0.2, 0.25) is 0 Å². The molecular formula is C17H22N6O4. The maximum Gasteiger partial charge on any atom is 0.407 e. The Morgan fingerprint density at radius 3 is 2.81 bits per heavy atom. The average Bonchev–Trinajstić information content (AvgIpc) is 3.22. The molecule has 1 atom stereocenters. The highest BCUT2D eigenvalue weighted by Gasteiger charge is 2.29. The zero-order valence-corrected chi connectivity index (χ0v) is 15.1. The van der Waals surface area contributed by atoms with Crippen LogP contribution in [0, 0.1) is 5.92 Å². The Hall–Kier alpha value is -2.91. The average molecular weight is 374 g/mol. The Bertz CT molecular complexity index is 878. The fourth-order valence-electron chi connectivity index (χ4n) is 3.27. The van der Waals surface area contributed by atoms with Gasteiger partial charge in [0.1, 0.15) is 12.4 Å². The number of likely N-dealkylation sites (tertiary alicyclic amines) is 1. The van der Waals surface area contributed by atoms with Gasteiger partial charge in [0.25, 0.3) is 5.91 Å². The summed E-state index contributed by atoms with van der Waals surface area (Å²) in [4.78, 5) is 37.8. The van der Waals surface area contributed by atoms with Crippen LogP contribution in [0.15, 0.2) is 6.33 Å². The van der Waals surface area contributed by atoms with Gasteiger partial charge in [-0.05, 0) is 25.7 Å². The molecule has 2 aliphatic rings. The number of amides is 2. The highest BCUT2D eigenvalue weighted by atomic mass is 16.5. The molecule has 0 radical (unpaired) electrons. The lowest BCUT2D eigenvalue weighted by molar-refractivity contribution is 0.0937. The third-order valence-electron chi connectivity index (χ3n) is 4.96. The molecule has 1 saturated carbocycles. The fraction of sp³-hybridized carbons (Fsp3) is 0.588. The van der Waals surface area contributed by atoms with E-state index in [9.17, 15) is 9.59 Å². The van der Waals surface area contributed by atoms with Crippen LogP contribution < -0.4 is 10.1 Å². The molecule has 1 saturated heterocycles. The summed E-state index contributed by atoms with van der Waals surface area (Å²) in [6.45, 7) is 3.82. The van der Waals surface area contributed by atoms with Gasteiger partial charge in [-0.3, -0.25) is 4.79 Å². The van der Waals surface area contributed by atoms with Gasteiger partial charge in [0.05, 0.1) is 6.54 Å². The number of aryl methyl sites for hydroxylation is 1. The van der Waals surface area contributed by atoms with Crippen molar-refractivity contribution in [3.8, 4) is 5.88 Å². The number of hydrogen-bond acceptors (Lipinski definition) is 6. The van der Waals surface area contributed by atoms with E-state index in [1.807, 2.05) is 6.92 Å². The fourth-order valence-corrected chi connectivity index (χ4v) is 3.27. The topological polar surface area (TPSA) is 122 Å². The zero-order valence-electron chi connectivity index (χ0n) is 15.1. The second-order valence-corrected chi connectivity index (χ2v) is 6.94. The SMILES string of the molecule is CCn1c(C(=O)NCC2CC2)nc2c(O[C@H]3CCN(C(=O)O)C3)ncnc21. The van der Waals surface area contributed by atoms with Crippen LogP contribution >= 0.6 is 0 Å². The highest BCUT2D eigenvalue weighted by molar-refractivity contribution is 5.95. The van der Waals surface area contributed by atoms with Crippen molar-refractivity contribution in [2.45, 2.75) is 38.8 Å². The molecule has 1 aliphatic heterocycles. The lowest BCUT2D eigenvalue weighted by Gasteiger charge is -2.13. The van der Waals surface area contributed by atoms with E-state index in [1.54, 1.807) is 4.57 Å². The van der Waals surface area contributed by atoms with Crippen molar-refractivity contribution in [3.63, 3.8) is 0 Å². The molecule has 144 valence electrons. The first-order chi connectivity index (χ1) is 13.1. The molecule has 2 aromatic rings. The molecule has 0 spiro atoms. The minimum absolute atomic E-state index is 0.231. The van der Waals surface area contributed by atoms with Crippen molar-refractivity contribution in [3.05, 3.63) is 12.2 Å². The molecule has 0 bridgehead atoms. The van der Waals surface area contributed by atoms with Crippen LogP contribution in [-0.4, -0.2) is 67.3 Å². The largest absolute Gasteiger partial charge is 0.471 e. The zero-order chi connectivity index (χ0) is 19.0. The second-order valence-electron chi connectivity index (χ2n) is 6.94. The quantitative estimate of drug-likeness (QED) is 0.777. The number of rotatable bonds is 6. The molecule has 1 aliphatic carbocycles. The number of carbonyl (C=O) groups is 2. The van der Waals surface area contributed by atoms with Crippen molar-refractivity contribution < 1.29 is 19.4 Å². The third kappa shape index (κ3) is 3.51. The molecule has 4 rings (SSSR count). The minimum Gasteiger partial charge on any atom is -0.471 e. The number of nitrogens with one attached hydrogen (secondary N) is 1. The Kier molecular flexibility index (Phi) is 4.54. The Balaban J connectivity index is 1.58. The Morgan fingerprint density at radius 1 is 1.33 bits per heavy atom. The number of ether oxygens (including phenoxy) is 1. The van der Waals surface area contributed by atoms with Crippen LogP contribution in [0.4, 0.5) is 4.79 Å². The molecular weight excluding hydrogens is 352 g/mol. The molecule has 2 amide bonds. The van der Waals surface area contributed by atoms with Crippen LogP contribution in [-0.2, 0) is 6.54 Å². The van der Waals surface area contributed by atoms with Gasteiger partial charge in [-0.1, -0.05) is 0 Å². The maximum atomic E-state index is 12.5. The highest BCUT2D eigenvalue weighted by Crippen LogP contribution is 2.28. The number of carboxylic acid groups (broad SMARTS) is 1. The molecule has 10 heteroatoms. The first kappa shape index (κ1) is 17.5. The lowest BCUT2D eigenvalue weighted by Crippen LogP contribution is -2.29. The van der Waals surface area contributed by atoms with E-state index in [4.69, 9.17) is 9.84 Å². The smallest absolute Gasteiger partial charge is 0.407 e. The number of carbonyl (C=O) groups excluding carboxylic acids is 1. The van der Waals surface area contributed by atoms with Gasteiger partial charge < -0.3 is 24.6 Å². The van der Waals surface area contributed by atoms with Crippen LogP contribution in [0.3, 0.4) is 0 Å². The molecule has 10 nitrogen and oxygen atoms in total. The van der Waals surface area contributed by atoms with Crippen LogP contribution in [0.1, 0.15) is 36.8 Å². The van der Waals surface area contributed by atoms with Crippen LogP contribution in [0.25, 0.3) is 11.2 Å². The summed E-state index contributed by atoms with van der Waals surface area (Å²) >= 11 is 0. The van der Waals surface area contributed by atoms with Crippen molar-refractivity contribution in [1.82, 2.24) is 29.7 Å². The van der Waals surface area contributed by atoms with Gasteiger partial charge >= 0.3 is 6.09 Å². The van der Waals surface area contributed by atoms with Crippen LogP contribution in [0.5, 0.6) is 5.88 Å². The standard InChI is InChI=1S/C17H22N6O4/c1-2-23-13-12(21-14(23)15(24)18-7-10-3-4-10)16(20-9-19-13)27-11-5-6-22(8-11)17(25)26/h9-11H,2-8H2,1H3,(H,18,24)(H,25,26)/t11-/m0/s1. The predicted octanol–water partition coefficient (Wildman–Crippen LogP) is 1.12. The van der Waals surface area contributed by atoms with E-state index in [2.05, 4.69) is 20.3 Å². The summed E-state index contributed by atoms with van der Waals surface area (Å²) in [5.41, 5.74) is 0.955. The summed E-state index contributed by atoms with van der Waals surface area (Å²) in [5.74, 6) is 0.912. The first-order valence-corrected chi connectivity index (χ1v) is 9.20. The molecule has 27 heavy (non-hydrogen) atoms. The van der Waals surface area contributed by atoms with Crippen molar-refractivity contribution in [2.24, 2.45) is 5.92 Å². The molecule has 0 aromatic carbocycles. The van der Waals surface area contributed by atoms with Gasteiger partial charge in [-0.25, -0.2) is 14.8 Å². The minimum atomic E-state index is -0.959. The van der Waals surface area contributed by atoms with E-state index in [1.165, 1.54) is 11.2 Å². The number of nitrogens with zero attached hydrogens (tertiary/aromatic N) is 5. The summed E-state index contributed by atoms with van der Waals surface area (Å²) in [6.07, 6.45) is 3.02. The Morgan fingerprint density at radius 2 is 2.15 bits per heavy atom. The molecule has 2 fully saturated rings. The lowest BCUT2D eigenvalue weighted by atomic mass is 10.3. The number of aromatic nitrogens is 4. The first-order valence-electron chi connectivity index (χ1n) is 9.20. The normalized spacial score (nSPS) is 19.4. The Labute approximate surface area is 155 Å². The van der Waals surface area contributed by atoms with Gasteiger partial charge in [0.15, 0.2) is 11.2 Å². The number of imidazole rings is 1. The van der Waals surface area contributed by atoms with Gasteiger partial charge in [0.2, 0.25) is 11.7 Å². The second kappa shape index (κ2) is 7.01. The summed E-state index contributed by atoms with van der Waals surface area (Å²) in [5, 5.41) is 12.0. The third-order valence-corrected chi connectivity index (χ3v) is 4.96. The van der Waals surface area contributed by atoms with Gasteiger partial charge in [-0.2, -0.15) is 4.98 Å². The molecule has 3 heterocycles. The summed E-state index contributed by atoms with van der Waals surface area (Å²) in [6, 6.07) is 0. The molecule has 0 unspecified atom stereocenters. The maximum absolute atomic E-state index is 12.5. The molecule has 2 aromatic heterocycles. The van der Waals surface area contributed by atoms with E-state index in [-0.39, 0.29) is 30.3 Å².